The van der Waals surface area contributed by atoms with Crippen molar-refractivity contribution in [3.05, 3.63) is 18.7 Å². The lowest BCUT2D eigenvalue weighted by Crippen LogP contribution is -2.33. The van der Waals surface area contributed by atoms with Gasteiger partial charge in [-0.1, -0.05) is 17.8 Å². The molecule has 2 saturated heterocycles. The minimum absolute atomic E-state index is 0.864. The molecule has 3 rings (SSSR count). The number of piperidine rings is 2. The van der Waals surface area contributed by atoms with Gasteiger partial charge in [-0.3, -0.25) is 0 Å². The van der Waals surface area contributed by atoms with Gasteiger partial charge in [-0.2, -0.15) is 0 Å². The molecule has 0 atom stereocenters. The largest absolute Gasteiger partial charge is 0.356 e. The Hall–Kier alpha value is -1.23. The second-order valence-corrected chi connectivity index (χ2v) is 7.05. The fraction of sp³-hybridized carbons (Fsp3) is 0.647. The van der Waals surface area contributed by atoms with Crippen molar-refractivity contribution in [2.24, 2.45) is 0 Å². The van der Waals surface area contributed by atoms with Gasteiger partial charge in [-0.25, -0.2) is 9.97 Å². The predicted octanol–water partition coefficient (Wildman–Crippen LogP) is 3.74. The molecule has 2 fully saturated rings. The third kappa shape index (κ3) is 3.94. The van der Waals surface area contributed by atoms with Crippen LogP contribution in [0.2, 0.25) is 0 Å². The smallest absolute Gasteiger partial charge is 0.191 e. The first-order valence-electron chi connectivity index (χ1n) is 8.49. The van der Waals surface area contributed by atoms with Crippen LogP contribution in [-0.2, 0) is 0 Å². The number of rotatable bonds is 5. The van der Waals surface area contributed by atoms with E-state index >= 15 is 0 Å². The Labute approximate surface area is 138 Å². The lowest BCUT2D eigenvalue weighted by Gasteiger charge is -2.31. The Morgan fingerprint density at radius 1 is 0.909 bits per heavy atom. The Bertz CT molecular complexity index is 457. The normalized spacial score (nSPS) is 19.3. The van der Waals surface area contributed by atoms with Crippen LogP contribution in [0.25, 0.3) is 0 Å². The minimum Gasteiger partial charge on any atom is -0.356 e. The van der Waals surface area contributed by atoms with E-state index in [9.17, 15) is 0 Å². The Morgan fingerprint density at radius 3 is 1.86 bits per heavy atom. The summed E-state index contributed by atoms with van der Waals surface area (Å²) in [4.78, 5) is 14.4. The summed E-state index contributed by atoms with van der Waals surface area (Å²) in [6, 6.07) is 2.20. The highest BCUT2D eigenvalue weighted by Gasteiger charge is 2.18. The van der Waals surface area contributed by atoms with E-state index < -0.39 is 0 Å². The van der Waals surface area contributed by atoms with E-state index in [1.54, 1.807) is 11.8 Å². The van der Waals surface area contributed by atoms with Crippen LogP contribution >= 0.6 is 11.8 Å². The molecule has 22 heavy (non-hydrogen) atoms. The second kappa shape index (κ2) is 7.86. The zero-order valence-corrected chi connectivity index (χ0v) is 14.2. The molecule has 0 saturated carbocycles. The van der Waals surface area contributed by atoms with E-state index in [4.69, 9.17) is 9.97 Å². The van der Waals surface area contributed by atoms with Crippen LogP contribution < -0.4 is 9.80 Å². The van der Waals surface area contributed by atoms with Crippen LogP contribution in [-0.4, -0.2) is 41.9 Å². The summed E-state index contributed by atoms with van der Waals surface area (Å²) in [5, 5.41) is 0.892. The zero-order chi connectivity index (χ0) is 15.2. The van der Waals surface area contributed by atoms with Crippen molar-refractivity contribution in [1.29, 1.82) is 0 Å². The molecule has 1 aromatic rings. The standard InChI is InChI=1S/C17H26N4S/c1-2-13-22-17-18-15(20-9-5-3-6-10-20)14-16(19-17)21-11-7-4-8-12-21/h2,14H,1,3-13H2. The number of aromatic nitrogens is 2. The maximum atomic E-state index is 4.79. The van der Waals surface area contributed by atoms with Crippen LogP contribution in [0, 0.1) is 0 Å². The number of anilines is 2. The first-order valence-corrected chi connectivity index (χ1v) is 9.48. The molecule has 4 nitrogen and oxygen atoms in total. The van der Waals surface area contributed by atoms with E-state index in [0.717, 1.165) is 48.7 Å². The van der Waals surface area contributed by atoms with Crippen molar-refractivity contribution >= 4 is 23.4 Å². The topological polar surface area (TPSA) is 32.3 Å². The Morgan fingerprint density at radius 2 is 1.41 bits per heavy atom. The van der Waals surface area contributed by atoms with Gasteiger partial charge in [-0.05, 0) is 38.5 Å². The molecule has 5 heteroatoms. The highest BCUT2D eigenvalue weighted by molar-refractivity contribution is 7.99. The van der Waals surface area contributed by atoms with Crippen molar-refractivity contribution in [3.8, 4) is 0 Å². The van der Waals surface area contributed by atoms with Gasteiger partial charge in [0.1, 0.15) is 11.6 Å². The van der Waals surface area contributed by atoms with Crippen LogP contribution in [0.1, 0.15) is 38.5 Å². The van der Waals surface area contributed by atoms with Gasteiger partial charge < -0.3 is 9.80 Å². The highest BCUT2D eigenvalue weighted by atomic mass is 32.2. The third-order valence-corrected chi connectivity index (χ3v) is 5.21. The highest BCUT2D eigenvalue weighted by Crippen LogP contribution is 2.27. The van der Waals surface area contributed by atoms with Crippen molar-refractivity contribution in [2.75, 3.05) is 41.7 Å². The first kappa shape index (κ1) is 15.7. The van der Waals surface area contributed by atoms with Crippen LogP contribution in [0.3, 0.4) is 0 Å². The van der Waals surface area contributed by atoms with Gasteiger partial charge in [0.25, 0.3) is 0 Å². The molecule has 0 unspecified atom stereocenters. The number of hydrogen-bond donors (Lipinski definition) is 0. The summed E-state index contributed by atoms with van der Waals surface area (Å²) >= 11 is 1.68. The minimum atomic E-state index is 0.864. The average Bonchev–Trinajstić information content (AvgIpc) is 2.61. The molecule has 0 bridgehead atoms. The molecule has 0 aliphatic carbocycles. The van der Waals surface area contributed by atoms with E-state index in [1.807, 2.05) is 6.08 Å². The van der Waals surface area contributed by atoms with E-state index in [1.165, 1.54) is 38.5 Å². The van der Waals surface area contributed by atoms with E-state index in [2.05, 4.69) is 22.4 Å². The maximum Gasteiger partial charge on any atom is 0.191 e. The SMILES string of the molecule is C=CCSc1nc(N2CCCCC2)cc(N2CCCCC2)n1. The van der Waals surface area contributed by atoms with Crippen LogP contribution in [0.5, 0.6) is 0 Å². The molecule has 0 aromatic carbocycles. The van der Waals surface area contributed by atoms with Gasteiger partial charge in [-0.15, -0.1) is 6.58 Å². The molecule has 2 aliphatic heterocycles. The molecule has 2 aliphatic rings. The molecule has 0 spiro atoms. The Balaban J connectivity index is 1.84. The summed E-state index contributed by atoms with van der Waals surface area (Å²) in [6.07, 6.45) is 9.71. The summed E-state index contributed by atoms with van der Waals surface area (Å²) in [6.45, 7) is 8.31. The number of thioether (sulfide) groups is 1. The van der Waals surface area contributed by atoms with E-state index in [-0.39, 0.29) is 0 Å². The number of hydrogen-bond acceptors (Lipinski definition) is 5. The third-order valence-electron chi connectivity index (χ3n) is 4.37. The van der Waals surface area contributed by atoms with Gasteiger partial charge in [0.15, 0.2) is 5.16 Å². The summed E-state index contributed by atoms with van der Waals surface area (Å²) in [5.41, 5.74) is 0. The monoisotopic (exact) mass is 318 g/mol. The molecular formula is C17H26N4S. The summed E-state index contributed by atoms with van der Waals surface area (Å²) in [7, 11) is 0. The summed E-state index contributed by atoms with van der Waals surface area (Å²) in [5.74, 6) is 3.09. The van der Waals surface area contributed by atoms with Gasteiger partial charge in [0, 0.05) is 38.0 Å². The Kier molecular flexibility index (Phi) is 5.59. The molecule has 3 heterocycles. The fourth-order valence-electron chi connectivity index (χ4n) is 3.17. The molecular weight excluding hydrogens is 292 g/mol. The summed E-state index contributed by atoms with van der Waals surface area (Å²) < 4.78 is 0. The number of nitrogens with zero attached hydrogens (tertiary/aromatic N) is 4. The molecule has 120 valence electrons. The van der Waals surface area contributed by atoms with Crippen molar-refractivity contribution in [3.63, 3.8) is 0 Å². The lowest BCUT2D eigenvalue weighted by atomic mass is 10.1. The fourth-order valence-corrected chi connectivity index (χ4v) is 3.75. The molecule has 0 N–H and O–H groups in total. The zero-order valence-electron chi connectivity index (χ0n) is 13.3. The van der Waals surface area contributed by atoms with Crippen LogP contribution in [0.4, 0.5) is 11.6 Å². The van der Waals surface area contributed by atoms with E-state index in [0.29, 0.717) is 0 Å². The van der Waals surface area contributed by atoms with Gasteiger partial charge in [0.2, 0.25) is 0 Å². The first-order chi connectivity index (χ1) is 10.9. The average molecular weight is 318 g/mol. The molecule has 0 amide bonds. The predicted molar refractivity (Wildman–Crippen MR) is 95.1 cm³/mol. The van der Waals surface area contributed by atoms with Crippen LogP contribution in [0.15, 0.2) is 23.9 Å². The van der Waals surface area contributed by atoms with Gasteiger partial charge >= 0.3 is 0 Å². The van der Waals surface area contributed by atoms with Crippen molar-refractivity contribution in [2.45, 2.75) is 43.7 Å². The van der Waals surface area contributed by atoms with Crippen molar-refractivity contribution < 1.29 is 0 Å². The lowest BCUT2D eigenvalue weighted by molar-refractivity contribution is 0.563. The quantitative estimate of drug-likeness (QED) is 0.469. The molecule has 1 aromatic heterocycles. The molecule has 0 radical (unpaired) electrons. The second-order valence-electron chi connectivity index (χ2n) is 6.06. The van der Waals surface area contributed by atoms with Crippen molar-refractivity contribution in [1.82, 2.24) is 9.97 Å². The maximum absolute atomic E-state index is 4.79. The van der Waals surface area contributed by atoms with Gasteiger partial charge in [0.05, 0.1) is 0 Å².